The summed E-state index contributed by atoms with van der Waals surface area (Å²) in [5, 5.41) is 22.9. The monoisotopic (exact) mass is 392 g/mol. The number of fused-ring (bicyclic) bond motifs is 2. The summed E-state index contributed by atoms with van der Waals surface area (Å²) in [6, 6.07) is 5.20. The van der Waals surface area contributed by atoms with Crippen molar-refractivity contribution in [1.29, 1.82) is 5.26 Å². The van der Waals surface area contributed by atoms with Crippen LogP contribution in [0.1, 0.15) is 6.42 Å². The molecule has 0 heterocycles. The van der Waals surface area contributed by atoms with Gasteiger partial charge < -0.3 is 10.4 Å². The van der Waals surface area contributed by atoms with Crippen molar-refractivity contribution in [3.05, 3.63) is 34.8 Å². The normalized spacial score (nSPS) is 27.7. The quantitative estimate of drug-likeness (QED) is 0.464. The first-order valence-corrected chi connectivity index (χ1v) is 8.69. The third-order valence-corrected chi connectivity index (χ3v) is 5.65. The Kier molecular flexibility index (Phi) is 4.46. The van der Waals surface area contributed by atoms with E-state index in [0.29, 0.717) is 10.2 Å². The average Bonchev–Trinajstić information content (AvgIpc) is 3.11. The smallest absolute Gasteiger partial charge is 0.307 e. The molecule has 0 saturated heterocycles. The highest BCUT2D eigenvalue weighted by Crippen LogP contribution is 2.48. The van der Waals surface area contributed by atoms with Crippen LogP contribution in [-0.2, 0) is 9.59 Å². The molecule has 2 N–H and O–H groups in total. The molecule has 0 aromatic heterocycles. The number of benzene rings is 1. The van der Waals surface area contributed by atoms with Crippen LogP contribution in [0.5, 0.6) is 0 Å². The van der Waals surface area contributed by atoms with Crippen molar-refractivity contribution in [3.63, 3.8) is 0 Å². The van der Waals surface area contributed by atoms with Crippen LogP contribution in [-0.4, -0.2) is 17.0 Å². The van der Waals surface area contributed by atoms with Gasteiger partial charge in [0.25, 0.3) is 0 Å². The van der Waals surface area contributed by atoms with Crippen LogP contribution in [0.4, 0.5) is 5.69 Å². The van der Waals surface area contributed by atoms with Gasteiger partial charge in [-0.05, 0) is 64.1 Å². The number of amides is 1. The Balaban J connectivity index is 1.78. The molecule has 118 valence electrons. The topological polar surface area (TPSA) is 90.2 Å². The minimum Gasteiger partial charge on any atom is -0.481 e. The van der Waals surface area contributed by atoms with Crippen LogP contribution in [0.15, 0.2) is 39.7 Å². The van der Waals surface area contributed by atoms with Crippen LogP contribution >= 0.6 is 27.7 Å². The number of rotatable bonds is 4. The second-order valence-electron chi connectivity index (χ2n) is 5.66. The standard InChI is InChI=1S/C16H13BrN2O3S/c17-11-6-10(23-7-18)3-4-12(11)19-15(20)13-8-1-2-9(5-8)14(13)16(21)22/h1-4,6,8-9,13-14H,5H2,(H,19,20)(H,21,22)/t8-,9-,13-,14+/m0/s1. The van der Waals surface area contributed by atoms with E-state index in [1.165, 1.54) is 0 Å². The predicted octanol–water partition coefficient (Wildman–Crippen LogP) is 3.48. The van der Waals surface area contributed by atoms with E-state index < -0.39 is 17.8 Å². The van der Waals surface area contributed by atoms with E-state index in [1.807, 2.05) is 17.6 Å². The lowest BCUT2D eigenvalue weighted by Crippen LogP contribution is -2.36. The third kappa shape index (κ3) is 3.01. The number of hydrogen-bond acceptors (Lipinski definition) is 4. The summed E-state index contributed by atoms with van der Waals surface area (Å²) in [5.74, 6) is -2.43. The Hall–Kier alpha value is -1.78. The van der Waals surface area contributed by atoms with Gasteiger partial charge in [-0.1, -0.05) is 12.2 Å². The number of nitrogens with one attached hydrogen (secondary N) is 1. The third-order valence-electron chi connectivity index (χ3n) is 4.41. The zero-order valence-electron chi connectivity index (χ0n) is 11.9. The van der Waals surface area contributed by atoms with E-state index in [1.54, 1.807) is 18.2 Å². The van der Waals surface area contributed by atoms with Gasteiger partial charge in [0, 0.05) is 9.37 Å². The second-order valence-corrected chi connectivity index (χ2v) is 7.37. The van der Waals surface area contributed by atoms with Gasteiger partial charge in [-0.15, -0.1) is 0 Å². The molecule has 4 atom stereocenters. The minimum absolute atomic E-state index is 0.00621. The van der Waals surface area contributed by atoms with Crippen molar-refractivity contribution in [3.8, 4) is 5.40 Å². The molecule has 1 amide bonds. The van der Waals surface area contributed by atoms with E-state index >= 15 is 0 Å². The van der Waals surface area contributed by atoms with Crippen LogP contribution < -0.4 is 5.32 Å². The molecule has 2 aliphatic rings. The zero-order chi connectivity index (χ0) is 16.6. The molecule has 0 radical (unpaired) electrons. The largest absolute Gasteiger partial charge is 0.481 e. The fourth-order valence-electron chi connectivity index (χ4n) is 3.45. The molecule has 1 aromatic carbocycles. The first-order valence-electron chi connectivity index (χ1n) is 7.08. The fourth-order valence-corrected chi connectivity index (χ4v) is 4.49. The number of carboxylic acid groups (broad SMARTS) is 1. The molecular weight excluding hydrogens is 380 g/mol. The molecule has 3 rings (SSSR count). The minimum atomic E-state index is -0.915. The van der Waals surface area contributed by atoms with Gasteiger partial charge >= 0.3 is 5.97 Å². The van der Waals surface area contributed by atoms with Gasteiger partial charge in [0.2, 0.25) is 5.91 Å². The molecule has 0 spiro atoms. The lowest BCUT2D eigenvalue weighted by molar-refractivity contribution is -0.146. The molecule has 1 saturated carbocycles. The van der Waals surface area contributed by atoms with Gasteiger partial charge in [0.05, 0.1) is 17.5 Å². The summed E-state index contributed by atoms with van der Waals surface area (Å²) in [4.78, 5) is 24.8. The van der Waals surface area contributed by atoms with Crippen molar-refractivity contribution in [2.75, 3.05) is 5.32 Å². The van der Waals surface area contributed by atoms with E-state index in [4.69, 9.17) is 5.26 Å². The first kappa shape index (κ1) is 16.1. The van der Waals surface area contributed by atoms with Crippen LogP contribution in [0.3, 0.4) is 0 Å². The Labute approximate surface area is 145 Å². The lowest BCUT2D eigenvalue weighted by Gasteiger charge is -2.24. The van der Waals surface area contributed by atoms with Crippen molar-refractivity contribution in [1.82, 2.24) is 0 Å². The number of nitriles is 1. The number of carboxylic acids is 1. The number of aliphatic carboxylic acids is 1. The Morgan fingerprint density at radius 3 is 2.61 bits per heavy atom. The number of anilines is 1. The summed E-state index contributed by atoms with van der Waals surface area (Å²) in [7, 11) is 0. The Bertz CT molecular complexity index is 743. The molecule has 7 heteroatoms. The number of nitrogens with zero attached hydrogens (tertiary/aromatic N) is 1. The summed E-state index contributed by atoms with van der Waals surface area (Å²) >= 11 is 4.40. The molecule has 0 unspecified atom stereocenters. The number of halogens is 1. The molecule has 1 fully saturated rings. The molecule has 2 bridgehead atoms. The summed E-state index contributed by atoms with van der Waals surface area (Å²) in [6.07, 6.45) is 4.60. The van der Waals surface area contributed by atoms with Crippen molar-refractivity contribution < 1.29 is 14.7 Å². The fraction of sp³-hybridized carbons (Fsp3) is 0.312. The van der Waals surface area contributed by atoms with Gasteiger partial charge in [-0.2, -0.15) is 5.26 Å². The first-order chi connectivity index (χ1) is 11.0. The van der Waals surface area contributed by atoms with E-state index in [9.17, 15) is 14.7 Å². The number of thiocyanates is 1. The molecule has 2 aliphatic carbocycles. The number of allylic oxidation sites excluding steroid dienone is 2. The number of thioether (sulfide) groups is 1. The zero-order valence-corrected chi connectivity index (χ0v) is 14.3. The highest BCUT2D eigenvalue weighted by molar-refractivity contribution is 9.10. The number of carbonyl (C=O) groups is 2. The summed E-state index contributed by atoms with van der Waals surface area (Å²) in [5.41, 5.74) is 0.577. The van der Waals surface area contributed by atoms with Crippen molar-refractivity contribution in [2.24, 2.45) is 23.7 Å². The van der Waals surface area contributed by atoms with Crippen LogP contribution in [0, 0.1) is 34.3 Å². The van der Waals surface area contributed by atoms with E-state index in [0.717, 1.165) is 23.1 Å². The van der Waals surface area contributed by atoms with Crippen LogP contribution in [0.2, 0.25) is 0 Å². The molecule has 0 aliphatic heterocycles. The molecule has 23 heavy (non-hydrogen) atoms. The van der Waals surface area contributed by atoms with Gasteiger partial charge in [0.15, 0.2) is 0 Å². The number of hydrogen-bond donors (Lipinski definition) is 2. The van der Waals surface area contributed by atoms with Gasteiger partial charge in [-0.3, -0.25) is 9.59 Å². The van der Waals surface area contributed by atoms with Crippen LogP contribution in [0.25, 0.3) is 0 Å². The molecular formula is C16H13BrN2O3S. The van der Waals surface area contributed by atoms with E-state index in [-0.39, 0.29) is 17.7 Å². The van der Waals surface area contributed by atoms with Gasteiger partial charge in [0.1, 0.15) is 5.40 Å². The summed E-state index contributed by atoms with van der Waals surface area (Å²) in [6.45, 7) is 0. The Morgan fingerprint density at radius 1 is 1.30 bits per heavy atom. The molecule has 1 aromatic rings. The second kappa shape index (κ2) is 6.38. The maximum absolute atomic E-state index is 12.6. The lowest BCUT2D eigenvalue weighted by atomic mass is 9.82. The SMILES string of the molecule is N#CSc1ccc(NC(=O)[C@@H]2[C@H](C(=O)O)[C@H]3C=C[C@H]2C3)c(Br)c1. The van der Waals surface area contributed by atoms with Crippen molar-refractivity contribution in [2.45, 2.75) is 11.3 Å². The Morgan fingerprint density at radius 2 is 2.00 bits per heavy atom. The maximum atomic E-state index is 12.6. The maximum Gasteiger partial charge on any atom is 0.307 e. The predicted molar refractivity (Wildman–Crippen MR) is 89.6 cm³/mol. The molecule has 5 nitrogen and oxygen atoms in total. The van der Waals surface area contributed by atoms with Gasteiger partial charge in [-0.25, -0.2) is 0 Å². The average molecular weight is 393 g/mol. The van der Waals surface area contributed by atoms with E-state index in [2.05, 4.69) is 21.2 Å². The number of carbonyl (C=O) groups excluding carboxylic acids is 1. The highest BCUT2D eigenvalue weighted by Gasteiger charge is 2.51. The summed E-state index contributed by atoms with van der Waals surface area (Å²) < 4.78 is 0.664. The highest BCUT2D eigenvalue weighted by atomic mass is 79.9. The van der Waals surface area contributed by atoms with Crippen molar-refractivity contribution >= 4 is 45.3 Å².